The molecule has 0 radical (unpaired) electrons. The second-order valence-corrected chi connectivity index (χ2v) is 6.49. The number of benzene rings is 1. The van der Waals surface area contributed by atoms with Crippen LogP contribution in [-0.4, -0.2) is 6.04 Å². The highest BCUT2D eigenvalue weighted by Gasteiger charge is 2.26. The van der Waals surface area contributed by atoms with Gasteiger partial charge in [0, 0.05) is 12.1 Å². The largest absolute Gasteiger partial charge is 0.307 e. The van der Waals surface area contributed by atoms with E-state index in [-0.39, 0.29) is 0 Å². The number of nitrogens with one attached hydrogen (secondary N) is 1. The molecule has 4 unspecified atom stereocenters. The predicted molar refractivity (Wildman–Crippen MR) is 83.3 cm³/mol. The highest BCUT2D eigenvalue weighted by Crippen LogP contribution is 2.30. The maximum absolute atomic E-state index is 3.85. The summed E-state index contributed by atoms with van der Waals surface area (Å²) >= 11 is 0. The molecule has 1 fully saturated rings. The molecular weight excluding hydrogens is 230 g/mol. The van der Waals surface area contributed by atoms with Gasteiger partial charge in [-0.2, -0.15) is 0 Å². The molecule has 0 bridgehead atoms. The van der Waals surface area contributed by atoms with Crippen LogP contribution in [-0.2, 0) is 6.42 Å². The van der Waals surface area contributed by atoms with Crippen molar-refractivity contribution in [1.82, 2.24) is 5.32 Å². The quantitative estimate of drug-likeness (QED) is 0.824. The molecule has 1 N–H and O–H groups in total. The minimum absolute atomic E-state index is 0.462. The zero-order valence-electron chi connectivity index (χ0n) is 12.9. The monoisotopic (exact) mass is 259 g/mol. The fourth-order valence-electron chi connectivity index (χ4n) is 3.22. The van der Waals surface area contributed by atoms with Crippen molar-refractivity contribution in [2.45, 2.75) is 65.5 Å². The predicted octanol–water partition coefficient (Wildman–Crippen LogP) is 4.72. The van der Waals surface area contributed by atoms with Gasteiger partial charge in [-0.05, 0) is 49.1 Å². The Morgan fingerprint density at radius 1 is 1.16 bits per heavy atom. The maximum atomic E-state index is 3.85. The minimum atomic E-state index is 0.462. The van der Waals surface area contributed by atoms with E-state index < -0.39 is 0 Å². The zero-order chi connectivity index (χ0) is 13.8. The number of hydrogen-bond acceptors (Lipinski definition) is 1. The van der Waals surface area contributed by atoms with Crippen molar-refractivity contribution in [3.63, 3.8) is 0 Å². The smallest absolute Gasteiger partial charge is 0.0294 e. The summed E-state index contributed by atoms with van der Waals surface area (Å²) in [5.41, 5.74) is 2.85. The van der Waals surface area contributed by atoms with Crippen LogP contribution in [0.5, 0.6) is 0 Å². The van der Waals surface area contributed by atoms with Gasteiger partial charge < -0.3 is 5.32 Å². The van der Waals surface area contributed by atoms with Crippen molar-refractivity contribution in [1.29, 1.82) is 0 Å². The van der Waals surface area contributed by atoms with Crippen molar-refractivity contribution in [3.05, 3.63) is 35.4 Å². The first kappa shape index (κ1) is 14.6. The van der Waals surface area contributed by atoms with E-state index in [4.69, 9.17) is 0 Å². The van der Waals surface area contributed by atoms with Gasteiger partial charge >= 0.3 is 0 Å². The van der Waals surface area contributed by atoms with Crippen LogP contribution in [0.4, 0.5) is 0 Å². The van der Waals surface area contributed by atoms with Gasteiger partial charge in [0.2, 0.25) is 0 Å². The first-order valence-corrected chi connectivity index (χ1v) is 7.95. The normalized spacial score (nSPS) is 29.2. The van der Waals surface area contributed by atoms with Crippen LogP contribution >= 0.6 is 0 Å². The summed E-state index contributed by atoms with van der Waals surface area (Å²) in [6, 6.07) is 10.2. The molecule has 2 rings (SSSR count). The Kier molecular flexibility index (Phi) is 5.04. The summed E-state index contributed by atoms with van der Waals surface area (Å²) in [5, 5.41) is 3.85. The molecule has 1 heteroatoms. The standard InChI is InChI=1S/C18H29N/c1-5-16-8-10-17(11-9-16)15(4)19-18-12-13(2)6-7-14(18)3/h8-11,13-15,18-19H,5-7,12H2,1-4H3. The van der Waals surface area contributed by atoms with Gasteiger partial charge in [0.25, 0.3) is 0 Å². The Balaban J connectivity index is 1.97. The van der Waals surface area contributed by atoms with Crippen LogP contribution in [0, 0.1) is 11.8 Å². The Bertz CT molecular complexity index is 381. The van der Waals surface area contributed by atoms with E-state index in [1.807, 2.05) is 0 Å². The third-order valence-corrected chi connectivity index (χ3v) is 4.81. The van der Waals surface area contributed by atoms with Gasteiger partial charge in [-0.25, -0.2) is 0 Å². The van der Waals surface area contributed by atoms with E-state index in [0.717, 1.165) is 18.3 Å². The number of rotatable bonds is 4. The molecule has 19 heavy (non-hydrogen) atoms. The number of aryl methyl sites for hydroxylation is 1. The van der Waals surface area contributed by atoms with Crippen molar-refractivity contribution in [3.8, 4) is 0 Å². The summed E-state index contributed by atoms with van der Waals surface area (Å²) in [7, 11) is 0. The molecule has 0 aromatic heterocycles. The molecule has 4 atom stereocenters. The van der Waals surface area contributed by atoms with Gasteiger partial charge in [-0.3, -0.25) is 0 Å². The molecule has 1 saturated carbocycles. The van der Waals surface area contributed by atoms with Crippen molar-refractivity contribution in [2.75, 3.05) is 0 Å². The van der Waals surface area contributed by atoms with Crippen LogP contribution in [0.1, 0.15) is 64.1 Å². The summed E-state index contributed by atoms with van der Waals surface area (Å²) in [5.74, 6) is 1.69. The van der Waals surface area contributed by atoms with E-state index >= 15 is 0 Å². The highest BCUT2D eigenvalue weighted by atomic mass is 15.0. The van der Waals surface area contributed by atoms with Crippen LogP contribution in [0.15, 0.2) is 24.3 Å². The number of hydrogen-bond donors (Lipinski definition) is 1. The Morgan fingerprint density at radius 2 is 1.84 bits per heavy atom. The summed E-state index contributed by atoms with van der Waals surface area (Å²) in [6.07, 6.45) is 5.23. The lowest BCUT2D eigenvalue weighted by Crippen LogP contribution is -2.40. The molecule has 106 valence electrons. The molecule has 1 nitrogen and oxygen atoms in total. The van der Waals surface area contributed by atoms with Crippen molar-refractivity contribution >= 4 is 0 Å². The van der Waals surface area contributed by atoms with Gasteiger partial charge in [0.1, 0.15) is 0 Å². The van der Waals surface area contributed by atoms with Gasteiger partial charge in [-0.1, -0.05) is 51.5 Å². The summed E-state index contributed by atoms with van der Waals surface area (Å²) in [6.45, 7) is 9.30. The Morgan fingerprint density at radius 3 is 2.47 bits per heavy atom. The molecule has 0 spiro atoms. The fraction of sp³-hybridized carbons (Fsp3) is 0.667. The molecular formula is C18H29N. The van der Waals surface area contributed by atoms with Crippen LogP contribution in [0.25, 0.3) is 0 Å². The molecule has 1 aliphatic rings. The lowest BCUT2D eigenvalue weighted by Gasteiger charge is -2.35. The molecule has 1 aliphatic carbocycles. The zero-order valence-corrected chi connectivity index (χ0v) is 12.9. The SMILES string of the molecule is CCc1ccc(C(C)NC2CC(C)CCC2C)cc1. The van der Waals surface area contributed by atoms with Crippen LogP contribution in [0.3, 0.4) is 0 Å². The van der Waals surface area contributed by atoms with E-state index in [2.05, 4.69) is 57.3 Å². The van der Waals surface area contributed by atoms with Gasteiger partial charge in [0.05, 0.1) is 0 Å². The average Bonchev–Trinajstić information content (AvgIpc) is 2.43. The van der Waals surface area contributed by atoms with E-state index in [0.29, 0.717) is 12.1 Å². The summed E-state index contributed by atoms with van der Waals surface area (Å²) < 4.78 is 0. The van der Waals surface area contributed by atoms with Crippen molar-refractivity contribution in [2.24, 2.45) is 11.8 Å². The third-order valence-electron chi connectivity index (χ3n) is 4.81. The van der Waals surface area contributed by atoms with E-state index in [9.17, 15) is 0 Å². The van der Waals surface area contributed by atoms with Crippen LogP contribution in [0.2, 0.25) is 0 Å². The summed E-state index contributed by atoms with van der Waals surface area (Å²) in [4.78, 5) is 0. The highest BCUT2D eigenvalue weighted by molar-refractivity contribution is 5.24. The Labute approximate surface area is 118 Å². The molecule has 1 aromatic rings. The lowest BCUT2D eigenvalue weighted by atomic mass is 9.79. The topological polar surface area (TPSA) is 12.0 Å². The molecule has 0 amide bonds. The first-order valence-electron chi connectivity index (χ1n) is 7.95. The molecule has 1 aromatic carbocycles. The lowest BCUT2D eigenvalue weighted by molar-refractivity contribution is 0.216. The van der Waals surface area contributed by atoms with Gasteiger partial charge in [-0.15, -0.1) is 0 Å². The molecule has 0 heterocycles. The second kappa shape index (κ2) is 6.56. The average molecular weight is 259 g/mol. The maximum Gasteiger partial charge on any atom is 0.0294 e. The van der Waals surface area contributed by atoms with Crippen LogP contribution < -0.4 is 5.32 Å². The van der Waals surface area contributed by atoms with E-state index in [1.165, 1.54) is 30.4 Å². The van der Waals surface area contributed by atoms with E-state index in [1.54, 1.807) is 0 Å². The Hall–Kier alpha value is -0.820. The minimum Gasteiger partial charge on any atom is -0.307 e. The third kappa shape index (κ3) is 3.82. The second-order valence-electron chi connectivity index (χ2n) is 6.49. The molecule has 0 aliphatic heterocycles. The van der Waals surface area contributed by atoms with Crippen molar-refractivity contribution < 1.29 is 0 Å². The first-order chi connectivity index (χ1) is 9.10. The molecule has 0 saturated heterocycles. The van der Waals surface area contributed by atoms with Gasteiger partial charge in [0.15, 0.2) is 0 Å². The fourth-order valence-corrected chi connectivity index (χ4v) is 3.22.